The van der Waals surface area contributed by atoms with E-state index in [-0.39, 0.29) is 10.8 Å². The molecule has 1 atom stereocenters. The lowest BCUT2D eigenvalue weighted by atomic mass is 9.99. The van der Waals surface area contributed by atoms with E-state index in [1.165, 1.54) is 18.1 Å². The Morgan fingerprint density at radius 1 is 1.39 bits per heavy atom. The number of hydrogen-bond acceptors (Lipinski definition) is 5. The van der Waals surface area contributed by atoms with Gasteiger partial charge in [0, 0.05) is 4.88 Å². The third-order valence-corrected chi connectivity index (χ3v) is 4.66. The van der Waals surface area contributed by atoms with E-state index in [4.69, 9.17) is 5.11 Å². The van der Waals surface area contributed by atoms with Gasteiger partial charge in [-0.25, -0.2) is 14.8 Å². The molecule has 5 nitrogen and oxygen atoms in total. The molecule has 1 aromatic heterocycles. The highest BCUT2D eigenvalue weighted by molar-refractivity contribution is 8.17. The number of fused-ring (bicyclic) bond motifs is 1. The van der Waals surface area contributed by atoms with Crippen molar-refractivity contribution < 1.29 is 14.7 Å². The average molecular weight is 278 g/mol. The van der Waals surface area contributed by atoms with Gasteiger partial charge >= 0.3 is 5.97 Å². The maximum absolute atomic E-state index is 11.8. The second-order valence-electron chi connectivity index (χ2n) is 3.64. The van der Waals surface area contributed by atoms with E-state index >= 15 is 0 Å². The Balaban J connectivity index is 1.98. The van der Waals surface area contributed by atoms with Gasteiger partial charge in [0.2, 0.25) is 0 Å². The van der Waals surface area contributed by atoms with Crippen molar-refractivity contribution >= 4 is 51.9 Å². The van der Waals surface area contributed by atoms with Crippen molar-refractivity contribution in [3.8, 4) is 0 Å². The van der Waals surface area contributed by atoms with Crippen LogP contribution < -0.4 is 0 Å². The molecular formula is C11H6N2O3S2. The molecule has 3 rings (SSSR count). The molecular weight excluding hydrogens is 272 g/mol. The molecule has 1 aromatic rings. The van der Waals surface area contributed by atoms with Crippen LogP contribution >= 0.6 is 23.1 Å². The fraction of sp³-hybridized carbons (Fsp3) is 0.0909. The number of carbonyl (C=O) groups excluding carboxylic acids is 1. The Bertz CT molecular complexity index is 642. The molecule has 3 heterocycles. The van der Waals surface area contributed by atoms with E-state index in [2.05, 4.69) is 9.98 Å². The van der Waals surface area contributed by atoms with Gasteiger partial charge in [0.1, 0.15) is 17.1 Å². The normalized spacial score (nSPS) is 21.6. The molecule has 18 heavy (non-hydrogen) atoms. The average Bonchev–Trinajstić information content (AvgIpc) is 2.94. The molecule has 0 saturated carbocycles. The summed E-state index contributed by atoms with van der Waals surface area (Å²) < 4.78 is 0. The van der Waals surface area contributed by atoms with Crippen LogP contribution in [0, 0.1) is 5.92 Å². The summed E-state index contributed by atoms with van der Waals surface area (Å²) in [7, 11) is 0. The van der Waals surface area contributed by atoms with E-state index < -0.39 is 11.9 Å². The highest BCUT2D eigenvalue weighted by Crippen LogP contribution is 2.41. The van der Waals surface area contributed by atoms with Crippen LogP contribution in [-0.2, 0) is 4.79 Å². The smallest absolute Gasteiger partial charge is 0.345 e. The maximum Gasteiger partial charge on any atom is 0.345 e. The number of thiophene rings is 1. The third kappa shape index (κ3) is 1.72. The van der Waals surface area contributed by atoms with Crippen molar-refractivity contribution in [2.75, 3.05) is 0 Å². The van der Waals surface area contributed by atoms with E-state index in [9.17, 15) is 9.59 Å². The molecule has 0 saturated heterocycles. The fourth-order valence-corrected chi connectivity index (χ4v) is 3.71. The molecule has 0 fully saturated rings. The predicted octanol–water partition coefficient (Wildman–Crippen LogP) is 2.12. The van der Waals surface area contributed by atoms with Gasteiger partial charge in [-0.3, -0.25) is 4.79 Å². The van der Waals surface area contributed by atoms with Crippen LogP contribution in [0.3, 0.4) is 0 Å². The summed E-state index contributed by atoms with van der Waals surface area (Å²) in [6.07, 6.45) is 1.26. The zero-order chi connectivity index (χ0) is 12.7. The zero-order valence-corrected chi connectivity index (χ0v) is 10.5. The number of carboxylic acid groups (broad SMARTS) is 1. The minimum Gasteiger partial charge on any atom is -0.477 e. The summed E-state index contributed by atoms with van der Waals surface area (Å²) >= 11 is 2.54. The number of thioether (sulfide) groups is 1. The molecule has 1 N–H and O–H groups in total. The Hall–Kier alpha value is -1.73. The number of hydrogen-bond donors (Lipinski definition) is 1. The molecule has 0 aromatic carbocycles. The highest BCUT2D eigenvalue weighted by atomic mass is 32.2. The largest absolute Gasteiger partial charge is 0.477 e. The number of carboxylic acids is 1. The maximum atomic E-state index is 11.8. The summed E-state index contributed by atoms with van der Waals surface area (Å²) in [5.41, 5.74) is 0.790. The van der Waals surface area contributed by atoms with Gasteiger partial charge in [0.15, 0.2) is 0 Å². The molecule has 0 spiro atoms. The van der Waals surface area contributed by atoms with Gasteiger partial charge < -0.3 is 5.11 Å². The number of aromatic carboxylic acids is 1. The van der Waals surface area contributed by atoms with E-state index in [0.29, 0.717) is 5.04 Å². The van der Waals surface area contributed by atoms with Crippen LogP contribution in [0.4, 0.5) is 0 Å². The predicted molar refractivity (Wildman–Crippen MR) is 71.3 cm³/mol. The van der Waals surface area contributed by atoms with Crippen molar-refractivity contribution in [1.29, 1.82) is 0 Å². The zero-order valence-electron chi connectivity index (χ0n) is 8.86. The number of aliphatic imine (C=N–C) groups is 2. The number of amides is 1. The van der Waals surface area contributed by atoms with Crippen LogP contribution in [-0.4, -0.2) is 28.4 Å². The van der Waals surface area contributed by atoms with Crippen molar-refractivity contribution in [3.63, 3.8) is 0 Å². The van der Waals surface area contributed by atoms with Gasteiger partial charge in [-0.05, 0) is 23.1 Å². The first-order valence-corrected chi connectivity index (χ1v) is 6.71. The molecule has 90 valence electrons. The third-order valence-electron chi connectivity index (χ3n) is 2.58. The van der Waals surface area contributed by atoms with Crippen LogP contribution in [0.5, 0.6) is 0 Å². The minimum absolute atomic E-state index is 0.249. The van der Waals surface area contributed by atoms with E-state index in [1.54, 1.807) is 12.1 Å². The lowest BCUT2D eigenvalue weighted by Crippen LogP contribution is -2.21. The van der Waals surface area contributed by atoms with Crippen molar-refractivity contribution in [2.24, 2.45) is 15.9 Å². The Kier molecular flexibility index (Phi) is 2.64. The first-order chi connectivity index (χ1) is 8.66. The first-order valence-electron chi connectivity index (χ1n) is 5.01. The second kappa shape index (κ2) is 4.18. The summed E-state index contributed by atoms with van der Waals surface area (Å²) in [6, 6.07) is 3.26. The van der Waals surface area contributed by atoms with Gasteiger partial charge in [-0.15, -0.1) is 11.3 Å². The Morgan fingerprint density at radius 2 is 2.22 bits per heavy atom. The van der Waals surface area contributed by atoms with E-state index in [1.807, 2.05) is 5.41 Å². The lowest BCUT2D eigenvalue weighted by Gasteiger charge is -2.12. The molecule has 0 unspecified atom stereocenters. The van der Waals surface area contributed by atoms with Gasteiger partial charge in [-0.2, -0.15) is 0 Å². The number of nitrogens with zero attached hydrogens (tertiary/aromatic N) is 2. The SMILES string of the molecule is O=C(O)c1ccc(C2=CSC3=NC=NC(=O)[C@H]23)s1. The minimum atomic E-state index is -0.959. The topological polar surface area (TPSA) is 79.1 Å². The van der Waals surface area contributed by atoms with Crippen molar-refractivity contribution in [3.05, 3.63) is 27.3 Å². The summed E-state index contributed by atoms with van der Waals surface area (Å²) in [5.74, 6) is -1.67. The molecule has 7 heteroatoms. The van der Waals surface area contributed by atoms with Crippen LogP contribution in [0.25, 0.3) is 5.57 Å². The Labute approximate surface area is 110 Å². The molecule has 2 aliphatic rings. The molecule has 2 aliphatic heterocycles. The summed E-state index contributed by atoms with van der Waals surface area (Å²) in [6.45, 7) is 0. The van der Waals surface area contributed by atoms with Gasteiger partial charge in [-0.1, -0.05) is 11.8 Å². The molecule has 1 amide bonds. The first kappa shape index (κ1) is 11.4. The van der Waals surface area contributed by atoms with Crippen LogP contribution in [0.15, 0.2) is 27.5 Å². The van der Waals surface area contributed by atoms with Gasteiger partial charge in [0.05, 0.1) is 5.04 Å². The molecule has 0 radical (unpaired) electrons. The second-order valence-corrected chi connectivity index (χ2v) is 5.62. The summed E-state index contributed by atoms with van der Waals surface area (Å²) in [5, 5.41) is 11.4. The summed E-state index contributed by atoms with van der Waals surface area (Å²) in [4.78, 5) is 31.4. The monoisotopic (exact) mass is 278 g/mol. The van der Waals surface area contributed by atoms with Crippen molar-refractivity contribution in [1.82, 2.24) is 0 Å². The standard InChI is InChI=1S/C11H6N2O3S2/c14-9-8-5(3-17-10(8)13-4-12-9)6-1-2-7(18-6)11(15)16/h1-4,8H,(H,15,16)/t8-/m0/s1. The van der Waals surface area contributed by atoms with Crippen molar-refractivity contribution in [2.45, 2.75) is 0 Å². The highest BCUT2D eigenvalue weighted by Gasteiger charge is 2.36. The number of carbonyl (C=O) groups is 2. The number of rotatable bonds is 2. The molecule has 0 bridgehead atoms. The Morgan fingerprint density at radius 3 is 2.94 bits per heavy atom. The molecule has 0 aliphatic carbocycles. The fourth-order valence-electron chi connectivity index (χ4n) is 1.76. The lowest BCUT2D eigenvalue weighted by molar-refractivity contribution is -0.118. The van der Waals surface area contributed by atoms with Gasteiger partial charge in [0.25, 0.3) is 5.91 Å². The van der Waals surface area contributed by atoms with Crippen LogP contribution in [0.2, 0.25) is 0 Å². The van der Waals surface area contributed by atoms with E-state index in [0.717, 1.165) is 21.8 Å². The van der Waals surface area contributed by atoms with Crippen LogP contribution in [0.1, 0.15) is 14.5 Å². The quantitative estimate of drug-likeness (QED) is 0.898.